The van der Waals surface area contributed by atoms with Gasteiger partial charge < -0.3 is 9.84 Å². The summed E-state index contributed by atoms with van der Waals surface area (Å²) in [5.41, 5.74) is 1.18. The van der Waals surface area contributed by atoms with Crippen molar-refractivity contribution in [3.63, 3.8) is 0 Å². The van der Waals surface area contributed by atoms with Gasteiger partial charge in [-0.15, -0.1) is 11.8 Å². The third-order valence-corrected chi connectivity index (χ3v) is 3.66. The molecule has 1 heterocycles. The van der Waals surface area contributed by atoms with Crippen molar-refractivity contribution in [2.75, 3.05) is 25.2 Å². The fraction of sp³-hybridized carbons (Fsp3) is 0.333. The molecule has 2 aromatic rings. The number of nitrogens with zero attached hydrogens (tertiary/aromatic N) is 2. The number of nitrogens with one attached hydrogen (secondary N) is 1. The summed E-state index contributed by atoms with van der Waals surface area (Å²) in [6.07, 6.45) is 2.05. The molecular formula is C15H19N3O2S. The molecule has 112 valence electrons. The van der Waals surface area contributed by atoms with E-state index in [0.717, 1.165) is 6.54 Å². The van der Waals surface area contributed by atoms with Gasteiger partial charge in [0, 0.05) is 17.5 Å². The maximum atomic E-state index is 11.9. The molecule has 0 saturated heterocycles. The summed E-state index contributed by atoms with van der Waals surface area (Å²) >= 11 is 1.72. The van der Waals surface area contributed by atoms with Crippen molar-refractivity contribution in [1.29, 1.82) is 0 Å². The number of aromatic nitrogens is 1. The Balaban J connectivity index is 1.82. The normalized spacial score (nSPS) is 10.9. The van der Waals surface area contributed by atoms with Crippen molar-refractivity contribution in [1.82, 2.24) is 10.1 Å². The highest BCUT2D eigenvalue weighted by Crippen LogP contribution is 2.15. The maximum absolute atomic E-state index is 11.9. The number of hydrogen-bond donors (Lipinski definition) is 1. The average Bonchev–Trinajstić information content (AvgIpc) is 2.84. The van der Waals surface area contributed by atoms with E-state index in [9.17, 15) is 4.79 Å². The van der Waals surface area contributed by atoms with Crippen LogP contribution >= 0.6 is 11.8 Å². The van der Waals surface area contributed by atoms with E-state index in [1.54, 1.807) is 24.8 Å². The second kappa shape index (κ2) is 7.28. The third kappa shape index (κ3) is 4.91. The molecule has 1 aromatic heterocycles. The zero-order chi connectivity index (χ0) is 15.2. The molecule has 1 N–H and O–H groups in total. The first-order chi connectivity index (χ1) is 10.1. The molecular weight excluding hydrogens is 286 g/mol. The van der Waals surface area contributed by atoms with Gasteiger partial charge in [-0.25, -0.2) is 0 Å². The predicted octanol–water partition coefficient (Wildman–Crippen LogP) is 2.78. The van der Waals surface area contributed by atoms with Gasteiger partial charge in [0.15, 0.2) is 5.82 Å². The number of hydrogen-bond acceptors (Lipinski definition) is 5. The van der Waals surface area contributed by atoms with Crippen LogP contribution in [-0.2, 0) is 11.3 Å². The molecule has 1 amide bonds. The van der Waals surface area contributed by atoms with Crippen LogP contribution in [0.3, 0.4) is 0 Å². The van der Waals surface area contributed by atoms with Crippen molar-refractivity contribution in [3.05, 3.63) is 41.7 Å². The van der Waals surface area contributed by atoms with Crippen LogP contribution in [0.25, 0.3) is 0 Å². The number of carbonyl (C=O) groups is 1. The quantitative estimate of drug-likeness (QED) is 0.832. The van der Waals surface area contributed by atoms with Gasteiger partial charge in [0.05, 0.1) is 6.54 Å². The molecule has 0 aliphatic heterocycles. The summed E-state index contributed by atoms with van der Waals surface area (Å²) in [7, 11) is 1.91. The Bertz CT molecular complexity index is 595. The summed E-state index contributed by atoms with van der Waals surface area (Å²) in [5, 5.41) is 6.45. The Kier molecular flexibility index (Phi) is 5.41. The number of benzene rings is 1. The first-order valence-electron chi connectivity index (χ1n) is 6.61. The fourth-order valence-electron chi connectivity index (χ4n) is 1.95. The molecule has 0 spiro atoms. The van der Waals surface area contributed by atoms with E-state index in [1.807, 2.05) is 11.9 Å². The van der Waals surface area contributed by atoms with E-state index in [1.165, 1.54) is 10.5 Å². The summed E-state index contributed by atoms with van der Waals surface area (Å²) < 4.78 is 4.91. The molecule has 0 aliphatic carbocycles. The number of aryl methyl sites for hydroxylation is 1. The van der Waals surface area contributed by atoms with Gasteiger partial charge in [-0.3, -0.25) is 9.69 Å². The fourth-order valence-corrected chi connectivity index (χ4v) is 2.36. The van der Waals surface area contributed by atoms with Crippen molar-refractivity contribution in [2.45, 2.75) is 18.4 Å². The summed E-state index contributed by atoms with van der Waals surface area (Å²) in [6, 6.07) is 10.0. The lowest BCUT2D eigenvalue weighted by molar-refractivity contribution is -0.117. The van der Waals surface area contributed by atoms with Gasteiger partial charge in [0.1, 0.15) is 5.76 Å². The highest BCUT2D eigenvalue weighted by atomic mass is 32.2. The molecule has 0 unspecified atom stereocenters. The second-order valence-electron chi connectivity index (χ2n) is 4.89. The Morgan fingerprint density at radius 1 is 1.38 bits per heavy atom. The number of carbonyl (C=O) groups excluding carboxylic acids is 1. The van der Waals surface area contributed by atoms with Crippen molar-refractivity contribution in [3.8, 4) is 0 Å². The predicted molar refractivity (Wildman–Crippen MR) is 84.4 cm³/mol. The number of amides is 1. The lowest BCUT2D eigenvalue weighted by Crippen LogP contribution is -2.29. The first-order valence-corrected chi connectivity index (χ1v) is 7.84. The number of anilines is 1. The monoisotopic (exact) mass is 305 g/mol. The van der Waals surface area contributed by atoms with Crippen molar-refractivity contribution < 1.29 is 9.32 Å². The zero-order valence-electron chi connectivity index (χ0n) is 12.4. The minimum Gasteiger partial charge on any atom is -0.360 e. The molecule has 21 heavy (non-hydrogen) atoms. The maximum Gasteiger partial charge on any atom is 0.239 e. The number of rotatable bonds is 6. The van der Waals surface area contributed by atoms with Crippen LogP contribution in [-0.4, -0.2) is 35.8 Å². The lowest BCUT2D eigenvalue weighted by Gasteiger charge is -2.15. The minimum absolute atomic E-state index is 0.105. The van der Waals surface area contributed by atoms with Gasteiger partial charge in [-0.2, -0.15) is 0 Å². The van der Waals surface area contributed by atoms with Crippen LogP contribution in [0.5, 0.6) is 0 Å². The van der Waals surface area contributed by atoms with E-state index in [0.29, 0.717) is 18.1 Å². The van der Waals surface area contributed by atoms with Crippen LogP contribution in [0.2, 0.25) is 0 Å². The Hall–Kier alpha value is -1.79. The van der Waals surface area contributed by atoms with E-state index in [4.69, 9.17) is 4.52 Å². The van der Waals surface area contributed by atoms with E-state index in [2.05, 4.69) is 41.0 Å². The smallest absolute Gasteiger partial charge is 0.239 e. The lowest BCUT2D eigenvalue weighted by atomic mass is 10.2. The summed E-state index contributed by atoms with van der Waals surface area (Å²) in [6.45, 7) is 2.81. The van der Waals surface area contributed by atoms with Gasteiger partial charge >= 0.3 is 0 Å². The molecule has 0 saturated carbocycles. The highest BCUT2D eigenvalue weighted by Gasteiger charge is 2.09. The summed E-state index contributed by atoms with van der Waals surface area (Å²) in [5.74, 6) is 1.02. The minimum atomic E-state index is -0.105. The van der Waals surface area contributed by atoms with Crippen LogP contribution in [0.1, 0.15) is 11.3 Å². The molecule has 0 fully saturated rings. The van der Waals surface area contributed by atoms with Gasteiger partial charge in [-0.1, -0.05) is 17.3 Å². The average molecular weight is 305 g/mol. The molecule has 0 aliphatic rings. The van der Waals surface area contributed by atoms with Crippen LogP contribution in [0.15, 0.2) is 39.8 Å². The standard InChI is InChI=1S/C15H19N3O2S/c1-11-8-14(17-20-11)16-15(19)10-18(2)9-12-4-6-13(21-3)7-5-12/h4-8H,9-10H2,1-3H3,(H,16,17,19). The second-order valence-corrected chi connectivity index (χ2v) is 5.77. The van der Waals surface area contributed by atoms with Gasteiger partial charge in [-0.05, 0) is 37.9 Å². The van der Waals surface area contributed by atoms with Crippen LogP contribution in [0, 0.1) is 6.92 Å². The Morgan fingerprint density at radius 2 is 2.10 bits per heavy atom. The molecule has 6 heteroatoms. The zero-order valence-corrected chi connectivity index (χ0v) is 13.2. The Morgan fingerprint density at radius 3 is 2.67 bits per heavy atom. The summed E-state index contributed by atoms with van der Waals surface area (Å²) in [4.78, 5) is 15.1. The van der Waals surface area contributed by atoms with Gasteiger partial charge in [0.25, 0.3) is 0 Å². The topological polar surface area (TPSA) is 58.4 Å². The molecule has 5 nitrogen and oxygen atoms in total. The molecule has 0 bridgehead atoms. The molecule has 0 radical (unpaired) electrons. The third-order valence-electron chi connectivity index (χ3n) is 2.92. The van der Waals surface area contributed by atoms with E-state index in [-0.39, 0.29) is 5.91 Å². The molecule has 0 atom stereocenters. The van der Waals surface area contributed by atoms with Crippen molar-refractivity contribution in [2.24, 2.45) is 0 Å². The van der Waals surface area contributed by atoms with Crippen LogP contribution in [0.4, 0.5) is 5.82 Å². The number of thioether (sulfide) groups is 1. The van der Waals surface area contributed by atoms with Gasteiger partial charge in [0.2, 0.25) is 5.91 Å². The largest absolute Gasteiger partial charge is 0.360 e. The number of likely N-dealkylation sites (N-methyl/N-ethyl adjacent to an activating group) is 1. The Labute approximate surface area is 128 Å². The van der Waals surface area contributed by atoms with E-state index < -0.39 is 0 Å². The van der Waals surface area contributed by atoms with Crippen LogP contribution < -0.4 is 5.32 Å². The SMILES string of the molecule is CSc1ccc(CN(C)CC(=O)Nc2cc(C)on2)cc1. The van der Waals surface area contributed by atoms with E-state index >= 15 is 0 Å². The first kappa shape index (κ1) is 15.6. The molecule has 1 aromatic carbocycles. The highest BCUT2D eigenvalue weighted by molar-refractivity contribution is 7.98. The molecule has 2 rings (SSSR count). The van der Waals surface area contributed by atoms with Crippen molar-refractivity contribution >= 4 is 23.5 Å².